The van der Waals surface area contributed by atoms with Crippen molar-refractivity contribution in [2.75, 3.05) is 13.6 Å². The lowest BCUT2D eigenvalue weighted by Gasteiger charge is -2.37. The van der Waals surface area contributed by atoms with Crippen LogP contribution in [0.4, 0.5) is 0 Å². The van der Waals surface area contributed by atoms with Crippen molar-refractivity contribution in [2.24, 2.45) is 0 Å². The highest BCUT2D eigenvalue weighted by atomic mass is 35.5. The van der Waals surface area contributed by atoms with Gasteiger partial charge in [0.05, 0.1) is 5.41 Å². The summed E-state index contributed by atoms with van der Waals surface area (Å²) in [6.07, 6.45) is 5.47. The molecule has 124 valence electrons. The van der Waals surface area contributed by atoms with Gasteiger partial charge in [-0.05, 0) is 44.9 Å². The first-order chi connectivity index (χ1) is 10.1. The van der Waals surface area contributed by atoms with Crippen LogP contribution in [0.5, 0.6) is 0 Å². The van der Waals surface area contributed by atoms with Crippen molar-refractivity contribution in [1.82, 2.24) is 10.6 Å². The average molecular weight is 325 g/mol. The van der Waals surface area contributed by atoms with Gasteiger partial charge < -0.3 is 10.6 Å². The molecule has 0 aromatic heterocycles. The van der Waals surface area contributed by atoms with E-state index in [0.717, 1.165) is 25.7 Å². The molecule has 1 aliphatic carbocycles. The number of aryl methyl sites for hydroxylation is 1. The Balaban J connectivity index is 0.00000242. The molecule has 1 saturated carbocycles. The van der Waals surface area contributed by atoms with Crippen LogP contribution in [0, 0.1) is 6.92 Å². The summed E-state index contributed by atoms with van der Waals surface area (Å²) >= 11 is 0. The number of likely N-dealkylation sites (N-methyl/N-ethyl adjacent to an activating group) is 1. The molecule has 1 unspecified atom stereocenters. The molecule has 3 nitrogen and oxygen atoms in total. The third-order valence-electron chi connectivity index (χ3n) is 4.86. The van der Waals surface area contributed by atoms with E-state index >= 15 is 0 Å². The van der Waals surface area contributed by atoms with Crippen LogP contribution in [0.3, 0.4) is 0 Å². The summed E-state index contributed by atoms with van der Waals surface area (Å²) in [4.78, 5) is 13.0. The molecule has 0 aliphatic heterocycles. The summed E-state index contributed by atoms with van der Waals surface area (Å²) in [5.74, 6) is 0.207. The number of rotatable bonds is 5. The quantitative estimate of drug-likeness (QED) is 0.872. The summed E-state index contributed by atoms with van der Waals surface area (Å²) < 4.78 is 0. The first-order valence-electron chi connectivity index (χ1n) is 8.12. The third-order valence-corrected chi connectivity index (χ3v) is 4.86. The highest BCUT2D eigenvalue weighted by molar-refractivity contribution is 5.88. The molecule has 0 heterocycles. The fraction of sp³-hybridized carbons (Fsp3) is 0.611. The molecule has 0 saturated heterocycles. The molecule has 2 rings (SSSR count). The molecule has 1 aliphatic rings. The zero-order valence-electron chi connectivity index (χ0n) is 13.9. The van der Waals surface area contributed by atoms with Gasteiger partial charge in [-0.25, -0.2) is 0 Å². The SMILES string of the molecule is CNC(C)CNC(=O)C1(c2ccccc2C)CCCCC1.Cl. The molecule has 1 atom stereocenters. The summed E-state index contributed by atoms with van der Waals surface area (Å²) in [5.41, 5.74) is 2.13. The molecule has 0 spiro atoms. The van der Waals surface area contributed by atoms with Gasteiger partial charge in [0.2, 0.25) is 5.91 Å². The van der Waals surface area contributed by atoms with Crippen molar-refractivity contribution < 1.29 is 4.79 Å². The van der Waals surface area contributed by atoms with Gasteiger partial charge >= 0.3 is 0 Å². The topological polar surface area (TPSA) is 41.1 Å². The van der Waals surface area contributed by atoms with E-state index < -0.39 is 0 Å². The zero-order valence-corrected chi connectivity index (χ0v) is 14.8. The maximum atomic E-state index is 13.0. The molecule has 1 fully saturated rings. The Hall–Kier alpha value is -1.06. The number of carbonyl (C=O) groups is 1. The number of nitrogens with one attached hydrogen (secondary N) is 2. The lowest BCUT2D eigenvalue weighted by atomic mass is 9.67. The first kappa shape index (κ1) is 19.0. The van der Waals surface area contributed by atoms with Crippen LogP contribution in [0.1, 0.15) is 50.2 Å². The normalized spacial score (nSPS) is 18.1. The number of carbonyl (C=O) groups excluding carboxylic acids is 1. The van der Waals surface area contributed by atoms with Gasteiger partial charge in [-0.3, -0.25) is 4.79 Å². The Kier molecular flexibility index (Phi) is 7.37. The molecular weight excluding hydrogens is 296 g/mol. The van der Waals surface area contributed by atoms with Gasteiger partial charge in [0.1, 0.15) is 0 Å². The van der Waals surface area contributed by atoms with E-state index in [0.29, 0.717) is 12.6 Å². The van der Waals surface area contributed by atoms with E-state index in [1.54, 1.807) is 0 Å². The summed E-state index contributed by atoms with van der Waals surface area (Å²) in [6.45, 7) is 4.89. The largest absolute Gasteiger partial charge is 0.354 e. The molecule has 1 aromatic rings. The van der Waals surface area contributed by atoms with Crippen molar-refractivity contribution in [3.8, 4) is 0 Å². The van der Waals surface area contributed by atoms with Crippen LogP contribution < -0.4 is 10.6 Å². The van der Waals surface area contributed by atoms with E-state index in [2.05, 4.69) is 48.7 Å². The van der Waals surface area contributed by atoms with E-state index in [1.807, 2.05) is 7.05 Å². The predicted molar refractivity (Wildman–Crippen MR) is 94.7 cm³/mol. The summed E-state index contributed by atoms with van der Waals surface area (Å²) in [6, 6.07) is 8.67. The van der Waals surface area contributed by atoms with Crippen molar-refractivity contribution in [2.45, 2.75) is 57.4 Å². The maximum Gasteiger partial charge on any atom is 0.230 e. The molecule has 2 N–H and O–H groups in total. The average Bonchev–Trinajstić information content (AvgIpc) is 2.53. The number of amides is 1. The molecular formula is C18H29ClN2O. The number of hydrogen-bond donors (Lipinski definition) is 2. The van der Waals surface area contributed by atoms with Crippen LogP contribution in [-0.2, 0) is 10.2 Å². The first-order valence-corrected chi connectivity index (χ1v) is 8.12. The van der Waals surface area contributed by atoms with E-state index in [-0.39, 0.29) is 23.7 Å². The standard InChI is InChI=1S/C18H28N2O.ClH/c1-14-9-5-6-10-16(14)18(11-7-4-8-12-18)17(21)20-13-15(2)19-3;/h5-6,9-10,15,19H,4,7-8,11-13H2,1-3H3,(H,20,21);1H. The number of hydrogen-bond acceptors (Lipinski definition) is 2. The Labute approximate surface area is 140 Å². The van der Waals surface area contributed by atoms with Gasteiger partial charge in [-0.15, -0.1) is 12.4 Å². The molecule has 0 bridgehead atoms. The minimum atomic E-state index is -0.322. The van der Waals surface area contributed by atoms with Gasteiger partial charge in [0, 0.05) is 12.6 Å². The minimum absolute atomic E-state index is 0. The van der Waals surface area contributed by atoms with E-state index in [9.17, 15) is 4.79 Å². The van der Waals surface area contributed by atoms with Crippen LogP contribution in [0.15, 0.2) is 24.3 Å². The van der Waals surface area contributed by atoms with Gasteiger partial charge in [-0.1, -0.05) is 43.5 Å². The molecule has 0 radical (unpaired) electrons. The Morgan fingerprint density at radius 1 is 1.23 bits per heavy atom. The number of halogens is 1. The summed E-state index contributed by atoms with van der Waals surface area (Å²) in [5, 5.41) is 6.34. The lowest BCUT2D eigenvalue weighted by Crippen LogP contribution is -2.49. The fourth-order valence-electron chi connectivity index (χ4n) is 3.40. The third kappa shape index (κ3) is 4.02. The van der Waals surface area contributed by atoms with Crippen LogP contribution in [-0.4, -0.2) is 25.5 Å². The van der Waals surface area contributed by atoms with Crippen LogP contribution >= 0.6 is 12.4 Å². The van der Waals surface area contributed by atoms with Crippen LogP contribution in [0.25, 0.3) is 0 Å². The molecule has 1 aromatic carbocycles. The Morgan fingerprint density at radius 3 is 2.45 bits per heavy atom. The van der Waals surface area contributed by atoms with Crippen molar-refractivity contribution in [3.05, 3.63) is 35.4 Å². The Morgan fingerprint density at radius 2 is 1.86 bits per heavy atom. The van der Waals surface area contributed by atoms with E-state index in [1.165, 1.54) is 17.5 Å². The molecule has 22 heavy (non-hydrogen) atoms. The maximum absolute atomic E-state index is 13.0. The zero-order chi connectivity index (χ0) is 15.3. The summed E-state index contributed by atoms with van der Waals surface area (Å²) in [7, 11) is 1.93. The van der Waals surface area contributed by atoms with Crippen molar-refractivity contribution in [1.29, 1.82) is 0 Å². The van der Waals surface area contributed by atoms with Gasteiger partial charge in [0.25, 0.3) is 0 Å². The fourth-order valence-corrected chi connectivity index (χ4v) is 3.40. The van der Waals surface area contributed by atoms with E-state index in [4.69, 9.17) is 0 Å². The second-order valence-corrected chi connectivity index (χ2v) is 6.36. The van der Waals surface area contributed by atoms with Gasteiger partial charge in [-0.2, -0.15) is 0 Å². The smallest absolute Gasteiger partial charge is 0.230 e. The highest BCUT2D eigenvalue weighted by Gasteiger charge is 2.41. The predicted octanol–water partition coefficient (Wildman–Crippen LogP) is 3.34. The van der Waals surface area contributed by atoms with Gasteiger partial charge in [0.15, 0.2) is 0 Å². The molecule has 1 amide bonds. The molecule has 4 heteroatoms. The second-order valence-electron chi connectivity index (χ2n) is 6.36. The minimum Gasteiger partial charge on any atom is -0.354 e. The monoisotopic (exact) mass is 324 g/mol. The highest BCUT2D eigenvalue weighted by Crippen LogP contribution is 2.41. The van der Waals surface area contributed by atoms with Crippen molar-refractivity contribution >= 4 is 18.3 Å². The number of benzene rings is 1. The lowest BCUT2D eigenvalue weighted by molar-refractivity contribution is -0.128. The van der Waals surface area contributed by atoms with Crippen LogP contribution in [0.2, 0.25) is 0 Å². The van der Waals surface area contributed by atoms with Crippen molar-refractivity contribution in [3.63, 3.8) is 0 Å². The second kappa shape index (κ2) is 8.54. The Bertz CT molecular complexity index is 484.